The third-order valence-corrected chi connectivity index (χ3v) is 4.14. The molecule has 0 atom stereocenters. The first-order valence-corrected chi connectivity index (χ1v) is 8.45. The molecule has 7 heteroatoms. The van der Waals surface area contributed by atoms with Gasteiger partial charge in [-0.15, -0.1) is 5.10 Å². The lowest BCUT2D eigenvalue weighted by molar-refractivity contribution is 0.622. The van der Waals surface area contributed by atoms with E-state index in [-0.39, 0.29) is 5.82 Å². The molecule has 0 aliphatic carbocycles. The minimum absolute atomic E-state index is 0.204. The van der Waals surface area contributed by atoms with Gasteiger partial charge in [-0.25, -0.2) is 4.39 Å². The van der Waals surface area contributed by atoms with E-state index in [0.717, 1.165) is 57.1 Å². The molecule has 1 aromatic heterocycles. The van der Waals surface area contributed by atoms with Gasteiger partial charge in [0.2, 0.25) is 5.95 Å². The summed E-state index contributed by atoms with van der Waals surface area (Å²) < 4.78 is 13.0. The van der Waals surface area contributed by atoms with Crippen molar-refractivity contribution in [2.24, 2.45) is 0 Å². The third kappa shape index (κ3) is 4.10. The summed E-state index contributed by atoms with van der Waals surface area (Å²) in [5.41, 5.74) is 1.05. The SMILES string of the molecule is CCCCNc1cnnc(N2CCN(c3ccc(F)cc3)CC2)n1. The number of rotatable bonds is 6. The van der Waals surface area contributed by atoms with Crippen LogP contribution in [0.15, 0.2) is 30.5 Å². The van der Waals surface area contributed by atoms with Gasteiger partial charge in [0.25, 0.3) is 0 Å². The molecule has 1 aliphatic rings. The lowest BCUT2D eigenvalue weighted by Crippen LogP contribution is -2.47. The zero-order chi connectivity index (χ0) is 16.8. The van der Waals surface area contributed by atoms with Gasteiger partial charge in [0.1, 0.15) is 5.82 Å². The first-order valence-electron chi connectivity index (χ1n) is 8.45. The Kier molecular flexibility index (Phi) is 5.40. The van der Waals surface area contributed by atoms with E-state index in [1.165, 1.54) is 12.1 Å². The Labute approximate surface area is 141 Å². The number of hydrogen-bond donors (Lipinski definition) is 1. The highest BCUT2D eigenvalue weighted by atomic mass is 19.1. The summed E-state index contributed by atoms with van der Waals surface area (Å²) in [5.74, 6) is 1.23. The van der Waals surface area contributed by atoms with Crippen LogP contribution in [-0.2, 0) is 0 Å². The average molecular weight is 330 g/mol. The second kappa shape index (κ2) is 7.90. The van der Waals surface area contributed by atoms with Crippen LogP contribution in [-0.4, -0.2) is 47.9 Å². The van der Waals surface area contributed by atoms with Crippen molar-refractivity contribution in [2.75, 3.05) is 47.8 Å². The van der Waals surface area contributed by atoms with Crippen LogP contribution in [0.4, 0.5) is 21.8 Å². The van der Waals surface area contributed by atoms with Gasteiger partial charge in [-0.05, 0) is 30.7 Å². The molecule has 0 saturated carbocycles. The highest BCUT2D eigenvalue weighted by Gasteiger charge is 2.19. The monoisotopic (exact) mass is 330 g/mol. The normalized spacial score (nSPS) is 14.8. The fourth-order valence-corrected chi connectivity index (χ4v) is 2.72. The molecule has 1 fully saturated rings. The second-order valence-electron chi connectivity index (χ2n) is 5.87. The highest BCUT2D eigenvalue weighted by molar-refractivity contribution is 5.48. The molecule has 0 unspecified atom stereocenters. The molecule has 1 N–H and O–H groups in total. The largest absolute Gasteiger partial charge is 0.369 e. The number of anilines is 3. The van der Waals surface area contributed by atoms with Gasteiger partial charge in [0.15, 0.2) is 5.82 Å². The summed E-state index contributed by atoms with van der Waals surface area (Å²) >= 11 is 0. The fraction of sp³-hybridized carbons (Fsp3) is 0.471. The van der Waals surface area contributed by atoms with Crippen molar-refractivity contribution in [3.05, 3.63) is 36.3 Å². The molecular formula is C17H23FN6. The van der Waals surface area contributed by atoms with Crippen LogP contribution >= 0.6 is 0 Å². The standard InChI is InChI=1S/C17H23FN6/c1-2-3-8-19-16-13-20-22-17(21-16)24-11-9-23(10-12-24)15-6-4-14(18)5-7-15/h4-7,13H,2-3,8-12H2,1H3,(H,19,21,22). The summed E-state index contributed by atoms with van der Waals surface area (Å²) in [4.78, 5) is 8.93. The second-order valence-corrected chi connectivity index (χ2v) is 5.87. The van der Waals surface area contributed by atoms with Crippen LogP contribution in [0.25, 0.3) is 0 Å². The quantitative estimate of drug-likeness (QED) is 0.822. The van der Waals surface area contributed by atoms with Crippen molar-refractivity contribution in [1.29, 1.82) is 0 Å². The molecule has 3 rings (SSSR count). The number of nitrogens with zero attached hydrogens (tertiary/aromatic N) is 5. The number of nitrogens with one attached hydrogen (secondary N) is 1. The van der Waals surface area contributed by atoms with Crippen LogP contribution in [0.1, 0.15) is 19.8 Å². The Bertz CT molecular complexity index is 640. The molecular weight excluding hydrogens is 307 g/mol. The minimum atomic E-state index is -0.204. The molecule has 0 amide bonds. The maximum Gasteiger partial charge on any atom is 0.247 e. The van der Waals surface area contributed by atoms with Crippen molar-refractivity contribution < 1.29 is 4.39 Å². The number of hydrogen-bond acceptors (Lipinski definition) is 6. The molecule has 2 heterocycles. The number of aromatic nitrogens is 3. The smallest absolute Gasteiger partial charge is 0.247 e. The van der Waals surface area contributed by atoms with Gasteiger partial charge >= 0.3 is 0 Å². The summed E-state index contributed by atoms with van der Waals surface area (Å²) in [6.07, 6.45) is 3.91. The van der Waals surface area contributed by atoms with Crippen LogP contribution < -0.4 is 15.1 Å². The summed E-state index contributed by atoms with van der Waals surface area (Å²) in [7, 11) is 0. The Hall–Kier alpha value is -2.44. The van der Waals surface area contributed by atoms with Gasteiger partial charge in [-0.2, -0.15) is 10.1 Å². The topological polar surface area (TPSA) is 57.2 Å². The predicted octanol–water partition coefficient (Wildman–Crippen LogP) is 2.55. The minimum Gasteiger partial charge on any atom is -0.369 e. The van der Waals surface area contributed by atoms with Crippen molar-refractivity contribution in [1.82, 2.24) is 15.2 Å². The number of halogens is 1. The lowest BCUT2D eigenvalue weighted by Gasteiger charge is -2.35. The number of piperazine rings is 1. The number of benzene rings is 1. The van der Waals surface area contributed by atoms with E-state index in [4.69, 9.17) is 0 Å². The fourth-order valence-electron chi connectivity index (χ4n) is 2.72. The molecule has 0 bridgehead atoms. The highest BCUT2D eigenvalue weighted by Crippen LogP contribution is 2.19. The molecule has 1 aliphatic heterocycles. The first kappa shape index (κ1) is 16.4. The van der Waals surface area contributed by atoms with Gasteiger partial charge in [0.05, 0.1) is 6.20 Å². The molecule has 1 saturated heterocycles. The Morgan fingerprint density at radius 3 is 2.50 bits per heavy atom. The van der Waals surface area contributed by atoms with Crippen molar-refractivity contribution >= 4 is 17.5 Å². The summed E-state index contributed by atoms with van der Waals surface area (Å²) in [6.45, 7) is 6.39. The van der Waals surface area contributed by atoms with Gasteiger partial charge in [-0.3, -0.25) is 0 Å². The van der Waals surface area contributed by atoms with Gasteiger partial charge in [-0.1, -0.05) is 13.3 Å². The Morgan fingerprint density at radius 2 is 1.79 bits per heavy atom. The Balaban J connectivity index is 1.58. The third-order valence-electron chi connectivity index (χ3n) is 4.14. The van der Waals surface area contributed by atoms with E-state index in [0.29, 0.717) is 5.95 Å². The van der Waals surface area contributed by atoms with E-state index >= 15 is 0 Å². The van der Waals surface area contributed by atoms with E-state index in [1.807, 2.05) is 12.1 Å². The lowest BCUT2D eigenvalue weighted by atomic mass is 10.2. The molecule has 6 nitrogen and oxygen atoms in total. The zero-order valence-corrected chi connectivity index (χ0v) is 14.0. The van der Waals surface area contributed by atoms with Crippen LogP contribution in [0, 0.1) is 5.82 Å². The van der Waals surface area contributed by atoms with Crippen molar-refractivity contribution in [3.8, 4) is 0 Å². The Morgan fingerprint density at radius 1 is 1.08 bits per heavy atom. The molecule has 1 aromatic carbocycles. The van der Waals surface area contributed by atoms with E-state index in [2.05, 4.69) is 37.2 Å². The maximum absolute atomic E-state index is 13.0. The average Bonchev–Trinajstić information content (AvgIpc) is 2.63. The van der Waals surface area contributed by atoms with E-state index in [9.17, 15) is 4.39 Å². The van der Waals surface area contributed by atoms with Crippen LogP contribution in [0.5, 0.6) is 0 Å². The molecule has 128 valence electrons. The van der Waals surface area contributed by atoms with Crippen LogP contribution in [0.2, 0.25) is 0 Å². The van der Waals surface area contributed by atoms with Crippen molar-refractivity contribution in [2.45, 2.75) is 19.8 Å². The first-order chi connectivity index (χ1) is 11.8. The van der Waals surface area contributed by atoms with Gasteiger partial charge in [0, 0.05) is 38.4 Å². The summed E-state index contributed by atoms with van der Waals surface area (Å²) in [6, 6.07) is 6.64. The van der Waals surface area contributed by atoms with E-state index < -0.39 is 0 Å². The van der Waals surface area contributed by atoms with Crippen LogP contribution in [0.3, 0.4) is 0 Å². The van der Waals surface area contributed by atoms with Gasteiger partial charge < -0.3 is 15.1 Å². The maximum atomic E-state index is 13.0. The molecule has 24 heavy (non-hydrogen) atoms. The zero-order valence-electron chi connectivity index (χ0n) is 14.0. The molecule has 0 spiro atoms. The summed E-state index contributed by atoms with van der Waals surface area (Å²) in [5, 5.41) is 11.5. The molecule has 2 aromatic rings. The number of unbranched alkanes of at least 4 members (excludes halogenated alkanes) is 1. The predicted molar refractivity (Wildman–Crippen MR) is 94.1 cm³/mol. The van der Waals surface area contributed by atoms with E-state index in [1.54, 1.807) is 6.20 Å². The molecule has 0 radical (unpaired) electrons. The van der Waals surface area contributed by atoms with Crippen molar-refractivity contribution in [3.63, 3.8) is 0 Å².